The minimum Gasteiger partial charge on any atom is -0.507 e. The number of morpholine rings is 1. The lowest BCUT2D eigenvalue weighted by molar-refractivity contribution is -0.140. The van der Waals surface area contributed by atoms with E-state index in [1.165, 1.54) is 0 Å². The van der Waals surface area contributed by atoms with Gasteiger partial charge in [0.2, 0.25) is 0 Å². The molecule has 8 heteroatoms. The summed E-state index contributed by atoms with van der Waals surface area (Å²) < 4.78 is 11.0. The Morgan fingerprint density at radius 1 is 1.09 bits per heavy atom. The van der Waals surface area contributed by atoms with Crippen molar-refractivity contribution >= 4 is 17.4 Å². The molecule has 1 aromatic heterocycles. The average molecular weight is 452 g/mol. The van der Waals surface area contributed by atoms with Crippen LogP contribution in [0.1, 0.15) is 30.5 Å². The Morgan fingerprint density at radius 2 is 1.79 bits per heavy atom. The van der Waals surface area contributed by atoms with E-state index in [1.807, 2.05) is 6.92 Å². The highest BCUT2D eigenvalue weighted by molar-refractivity contribution is 6.46. The van der Waals surface area contributed by atoms with Crippen LogP contribution in [-0.2, 0) is 14.3 Å². The zero-order valence-corrected chi connectivity index (χ0v) is 18.8. The van der Waals surface area contributed by atoms with Crippen molar-refractivity contribution in [3.8, 4) is 5.75 Å². The van der Waals surface area contributed by atoms with E-state index in [-0.39, 0.29) is 11.3 Å². The van der Waals surface area contributed by atoms with Crippen molar-refractivity contribution in [2.24, 2.45) is 0 Å². The smallest absolute Gasteiger partial charge is 0.295 e. The summed E-state index contributed by atoms with van der Waals surface area (Å²) in [5.74, 6) is -0.784. The lowest BCUT2D eigenvalue weighted by Gasteiger charge is -2.30. The van der Waals surface area contributed by atoms with E-state index in [0.29, 0.717) is 44.2 Å². The molecular weight excluding hydrogens is 422 g/mol. The Kier molecular flexibility index (Phi) is 7.36. The van der Waals surface area contributed by atoms with Crippen LogP contribution < -0.4 is 4.74 Å². The molecule has 1 atom stereocenters. The van der Waals surface area contributed by atoms with Gasteiger partial charge in [-0.1, -0.05) is 6.92 Å². The van der Waals surface area contributed by atoms with Gasteiger partial charge in [0.1, 0.15) is 11.5 Å². The molecule has 2 saturated heterocycles. The van der Waals surface area contributed by atoms with Gasteiger partial charge in [0.15, 0.2) is 0 Å². The number of rotatable bonds is 8. The van der Waals surface area contributed by atoms with Crippen molar-refractivity contribution in [2.75, 3.05) is 46.0 Å². The fourth-order valence-electron chi connectivity index (χ4n) is 4.16. The molecule has 0 bridgehead atoms. The molecule has 0 saturated carbocycles. The number of ether oxygens (including phenoxy) is 2. The molecule has 0 radical (unpaired) electrons. The normalized spacial score (nSPS) is 20.9. The summed E-state index contributed by atoms with van der Waals surface area (Å²) in [6, 6.07) is 9.77. The number of hydrogen-bond acceptors (Lipinski definition) is 7. The molecule has 2 aliphatic heterocycles. The Bertz CT molecular complexity index is 1000. The number of carbonyl (C=O) groups excluding carboxylic acids is 2. The quantitative estimate of drug-likeness (QED) is 0.375. The Labute approximate surface area is 193 Å². The molecular formula is C25H29N3O5. The zero-order chi connectivity index (χ0) is 23.2. The van der Waals surface area contributed by atoms with Crippen molar-refractivity contribution in [1.82, 2.24) is 14.8 Å². The monoisotopic (exact) mass is 451 g/mol. The summed E-state index contributed by atoms with van der Waals surface area (Å²) in [5.41, 5.74) is 1.29. The molecule has 0 spiro atoms. The molecule has 1 unspecified atom stereocenters. The number of ketones is 1. The summed E-state index contributed by atoms with van der Waals surface area (Å²) in [5, 5.41) is 11.1. The summed E-state index contributed by atoms with van der Waals surface area (Å²) >= 11 is 0. The van der Waals surface area contributed by atoms with E-state index in [2.05, 4.69) is 9.88 Å². The lowest BCUT2D eigenvalue weighted by atomic mass is 9.96. The fraction of sp³-hybridized carbons (Fsp3) is 0.400. The minimum atomic E-state index is -0.678. The molecule has 2 fully saturated rings. The van der Waals surface area contributed by atoms with Crippen LogP contribution in [0.4, 0.5) is 0 Å². The van der Waals surface area contributed by atoms with Crippen molar-refractivity contribution in [2.45, 2.75) is 19.4 Å². The first-order valence-corrected chi connectivity index (χ1v) is 11.3. The summed E-state index contributed by atoms with van der Waals surface area (Å²) in [4.78, 5) is 33.9. The number of likely N-dealkylation sites (tertiary alicyclic amines) is 1. The van der Waals surface area contributed by atoms with Crippen LogP contribution in [0, 0.1) is 0 Å². The molecule has 4 rings (SSSR count). The van der Waals surface area contributed by atoms with E-state index < -0.39 is 17.7 Å². The summed E-state index contributed by atoms with van der Waals surface area (Å²) in [6.45, 7) is 6.51. The van der Waals surface area contributed by atoms with Crippen LogP contribution in [0.2, 0.25) is 0 Å². The van der Waals surface area contributed by atoms with Gasteiger partial charge in [-0.25, -0.2) is 0 Å². The number of hydrogen-bond donors (Lipinski definition) is 1. The maximum atomic E-state index is 13.1. The lowest BCUT2D eigenvalue weighted by Crippen LogP contribution is -2.42. The SMILES string of the molecule is CCCOc1ccc(/C(O)=C2\C(=O)C(=O)N(CCN3CCOCC3)C2c2ccncc2)cc1. The Morgan fingerprint density at radius 3 is 2.45 bits per heavy atom. The van der Waals surface area contributed by atoms with Crippen LogP contribution in [-0.4, -0.2) is 77.6 Å². The van der Waals surface area contributed by atoms with Gasteiger partial charge in [-0.05, 0) is 48.4 Å². The van der Waals surface area contributed by atoms with Crippen LogP contribution in [0.25, 0.3) is 5.76 Å². The van der Waals surface area contributed by atoms with Crippen molar-refractivity contribution < 1.29 is 24.2 Å². The molecule has 8 nitrogen and oxygen atoms in total. The maximum absolute atomic E-state index is 13.1. The molecule has 2 aliphatic rings. The Balaban J connectivity index is 1.66. The van der Waals surface area contributed by atoms with Crippen molar-refractivity contribution in [3.63, 3.8) is 0 Å². The van der Waals surface area contributed by atoms with E-state index in [0.717, 1.165) is 25.1 Å². The minimum absolute atomic E-state index is 0.0930. The predicted octanol–water partition coefficient (Wildman–Crippen LogP) is 2.62. The molecule has 2 aromatic rings. The number of aromatic nitrogens is 1. The van der Waals surface area contributed by atoms with Gasteiger partial charge in [-0.2, -0.15) is 0 Å². The fourth-order valence-corrected chi connectivity index (χ4v) is 4.16. The van der Waals surface area contributed by atoms with Gasteiger partial charge in [-0.15, -0.1) is 0 Å². The first-order chi connectivity index (χ1) is 16.1. The van der Waals surface area contributed by atoms with Gasteiger partial charge in [0, 0.05) is 44.1 Å². The number of pyridine rings is 1. The average Bonchev–Trinajstić information content (AvgIpc) is 3.12. The highest BCUT2D eigenvalue weighted by atomic mass is 16.5. The molecule has 0 aliphatic carbocycles. The van der Waals surface area contributed by atoms with Crippen LogP contribution >= 0.6 is 0 Å². The number of amides is 1. The highest BCUT2D eigenvalue weighted by Crippen LogP contribution is 2.39. The Hall–Kier alpha value is -3.23. The third-order valence-corrected chi connectivity index (χ3v) is 5.92. The van der Waals surface area contributed by atoms with Crippen LogP contribution in [0.5, 0.6) is 5.75 Å². The second kappa shape index (κ2) is 10.6. The molecule has 33 heavy (non-hydrogen) atoms. The molecule has 1 amide bonds. The number of carbonyl (C=O) groups is 2. The number of benzene rings is 1. The number of Topliss-reactive ketones (excluding diaryl/α,β-unsaturated/α-hetero) is 1. The predicted molar refractivity (Wildman–Crippen MR) is 123 cm³/mol. The van der Waals surface area contributed by atoms with Crippen molar-refractivity contribution in [1.29, 1.82) is 0 Å². The largest absolute Gasteiger partial charge is 0.507 e. The number of aliphatic hydroxyl groups is 1. The van der Waals surface area contributed by atoms with Crippen molar-refractivity contribution in [3.05, 3.63) is 65.5 Å². The van der Waals surface area contributed by atoms with E-state index in [1.54, 1.807) is 53.7 Å². The first kappa shape index (κ1) is 22.9. The third kappa shape index (κ3) is 5.07. The topological polar surface area (TPSA) is 92.2 Å². The third-order valence-electron chi connectivity index (χ3n) is 5.92. The summed E-state index contributed by atoms with van der Waals surface area (Å²) in [7, 11) is 0. The standard InChI is InChI=1S/C25H29N3O5/c1-2-15-33-20-5-3-19(4-6-20)23(29)21-22(18-7-9-26-10-8-18)28(25(31)24(21)30)12-11-27-13-16-32-17-14-27/h3-10,22,29H,2,11-17H2,1H3/b23-21+. The van der Waals surface area contributed by atoms with Crippen LogP contribution in [0.3, 0.4) is 0 Å². The van der Waals surface area contributed by atoms with E-state index >= 15 is 0 Å². The zero-order valence-electron chi connectivity index (χ0n) is 18.8. The molecule has 174 valence electrons. The molecule has 1 aromatic carbocycles. The number of aliphatic hydroxyl groups excluding tert-OH is 1. The van der Waals surface area contributed by atoms with E-state index in [9.17, 15) is 14.7 Å². The second-order valence-corrected chi connectivity index (χ2v) is 8.10. The van der Waals surface area contributed by atoms with Gasteiger partial charge >= 0.3 is 0 Å². The highest BCUT2D eigenvalue weighted by Gasteiger charge is 2.46. The van der Waals surface area contributed by atoms with Crippen LogP contribution in [0.15, 0.2) is 54.4 Å². The van der Waals surface area contributed by atoms with Gasteiger partial charge < -0.3 is 19.5 Å². The first-order valence-electron chi connectivity index (χ1n) is 11.3. The number of nitrogens with zero attached hydrogens (tertiary/aromatic N) is 3. The van der Waals surface area contributed by atoms with Gasteiger partial charge in [-0.3, -0.25) is 19.5 Å². The summed E-state index contributed by atoms with van der Waals surface area (Å²) in [6.07, 6.45) is 4.14. The molecule has 3 heterocycles. The molecule has 1 N–H and O–H groups in total. The second-order valence-electron chi connectivity index (χ2n) is 8.10. The van der Waals surface area contributed by atoms with Gasteiger partial charge in [0.05, 0.1) is 31.4 Å². The maximum Gasteiger partial charge on any atom is 0.295 e. The van der Waals surface area contributed by atoms with Gasteiger partial charge in [0.25, 0.3) is 11.7 Å². The van der Waals surface area contributed by atoms with E-state index in [4.69, 9.17) is 9.47 Å².